The van der Waals surface area contributed by atoms with Crippen molar-refractivity contribution in [3.63, 3.8) is 0 Å². The lowest BCUT2D eigenvalue weighted by Gasteiger charge is -2.07. The minimum Gasteiger partial charge on any atom is -0.354 e. The van der Waals surface area contributed by atoms with Gasteiger partial charge in [-0.05, 0) is 42.3 Å². The molecule has 2 aromatic carbocycles. The summed E-state index contributed by atoms with van der Waals surface area (Å²) in [6, 6.07) is 8.10. The second-order valence-corrected chi connectivity index (χ2v) is 5.69. The molecule has 0 fully saturated rings. The number of aldehydes is 1. The number of H-pyrrole nitrogens is 1. The van der Waals surface area contributed by atoms with Crippen molar-refractivity contribution in [1.82, 2.24) is 4.98 Å². The molecule has 0 saturated carbocycles. The Labute approximate surface area is 134 Å². The van der Waals surface area contributed by atoms with Crippen molar-refractivity contribution in [1.29, 1.82) is 0 Å². The van der Waals surface area contributed by atoms with Crippen molar-refractivity contribution < 1.29 is 18.0 Å². The second-order valence-electron chi connectivity index (χ2n) is 5.25. The summed E-state index contributed by atoms with van der Waals surface area (Å²) in [6.45, 7) is 1.84. The Bertz CT molecular complexity index is 895. The van der Waals surface area contributed by atoms with E-state index in [2.05, 4.69) is 4.98 Å². The van der Waals surface area contributed by atoms with Gasteiger partial charge >= 0.3 is 6.18 Å². The van der Waals surface area contributed by atoms with Gasteiger partial charge in [0.25, 0.3) is 0 Å². The summed E-state index contributed by atoms with van der Waals surface area (Å²) in [7, 11) is 0. The van der Waals surface area contributed by atoms with Crippen LogP contribution in [-0.4, -0.2) is 11.3 Å². The van der Waals surface area contributed by atoms with Gasteiger partial charge < -0.3 is 4.98 Å². The lowest BCUT2D eigenvalue weighted by Crippen LogP contribution is -2.04. The third-order valence-corrected chi connectivity index (χ3v) is 3.95. The van der Waals surface area contributed by atoms with E-state index in [4.69, 9.17) is 11.6 Å². The molecule has 0 amide bonds. The first kappa shape index (κ1) is 15.6. The van der Waals surface area contributed by atoms with Gasteiger partial charge in [-0.1, -0.05) is 23.7 Å². The van der Waals surface area contributed by atoms with Crippen LogP contribution in [0.15, 0.2) is 36.4 Å². The van der Waals surface area contributed by atoms with Crippen molar-refractivity contribution in [2.45, 2.75) is 13.1 Å². The fraction of sp³-hybridized carbons (Fsp3) is 0.118. The molecule has 0 atom stereocenters. The monoisotopic (exact) mass is 337 g/mol. The van der Waals surface area contributed by atoms with Gasteiger partial charge in [-0.25, -0.2) is 0 Å². The molecule has 0 radical (unpaired) electrons. The number of benzene rings is 2. The number of aromatic amines is 1. The van der Waals surface area contributed by atoms with Crippen molar-refractivity contribution >= 4 is 28.8 Å². The number of aryl methyl sites for hydroxylation is 1. The molecule has 23 heavy (non-hydrogen) atoms. The standard InChI is InChI=1S/C17H11ClF3NO/c1-9-6-12(18)7-13-14(8-23)16(22-15(9)13)10-2-4-11(5-3-10)17(19,20)21/h2-8,22H,1H3. The molecule has 118 valence electrons. The van der Waals surface area contributed by atoms with E-state index in [0.717, 1.165) is 23.2 Å². The number of nitrogens with one attached hydrogen (secondary N) is 1. The highest BCUT2D eigenvalue weighted by atomic mass is 35.5. The van der Waals surface area contributed by atoms with Crippen LogP contribution in [0.2, 0.25) is 5.02 Å². The van der Waals surface area contributed by atoms with Crippen molar-refractivity contribution in [3.05, 3.63) is 58.1 Å². The molecule has 1 aromatic heterocycles. The number of hydrogen-bond donors (Lipinski definition) is 1. The molecule has 0 unspecified atom stereocenters. The molecular formula is C17H11ClF3NO. The molecule has 1 N–H and O–H groups in total. The Morgan fingerprint density at radius 1 is 1.13 bits per heavy atom. The van der Waals surface area contributed by atoms with Crippen LogP contribution >= 0.6 is 11.6 Å². The van der Waals surface area contributed by atoms with E-state index in [1.165, 1.54) is 12.1 Å². The van der Waals surface area contributed by atoms with Gasteiger partial charge in [-0.15, -0.1) is 0 Å². The predicted octanol–water partition coefficient (Wildman–Crippen LogP) is 5.63. The van der Waals surface area contributed by atoms with Gasteiger partial charge in [0.05, 0.1) is 11.3 Å². The normalized spacial score (nSPS) is 11.9. The van der Waals surface area contributed by atoms with E-state index in [1.807, 2.05) is 6.92 Å². The highest BCUT2D eigenvalue weighted by Crippen LogP contribution is 2.35. The first-order valence-corrected chi connectivity index (χ1v) is 7.13. The Kier molecular flexibility index (Phi) is 3.68. The van der Waals surface area contributed by atoms with Crippen LogP contribution in [0.4, 0.5) is 13.2 Å². The van der Waals surface area contributed by atoms with Crippen LogP contribution < -0.4 is 0 Å². The average Bonchev–Trinajstić information content (AvgIpc) is 2.85. The minimum absolute atomic E-state index is 0.380. The van der Waals surface area contributed by atoms with Crippen LogP contribution in [0.5, 0.6) is 0 Å². The third kappa shape index (κ3) is 2.72. The molecule has 1 heterocycles. The molecule has 0 spiro atoms. The van der Waals surface area contributed by atoms with Crippen molar-refractivity contribution in [2.75, 3.05) is 0 Å². The maximum absolute atomic E-state index is 12.7. The lowest BCUT2D eigenvalue weighted by molar-refractivity contribution is -0.137. The number of alkyl halides is 3. The molecule has 0 bridgehead atoms. The molecule has 0 aliphatic rings. The van der Waals surface area contributed by atoms with E-state index >= 15 is 0 Å². The lowest BCUT2D eigenvalue weighted by atomic mass is 10.0. The molecule has 0 saturated heterocycles. The zero-order valence-corrected chi connectivity index (χ0v) is 12.7. The van der Waals surface area contributed by atoms with E-state index in [0.29, 0.717) is 33.5 Å². The minimum atomic E-state index is -4.39. The van der Waals surface area contributed by atoms with Crippen LogP contribution in [0.3, 0.4) is 0 Å². The summed E-state index contributed by atoms with van der Waals surface area (Å²) in [6.07, 6.45) is -3.71. The fourth-order valence-electron chi connectivity index (χ4n) is 2.62. The average molecular weight is 338 g/mol. The molecular weight excluding hydrogens is 327 g/mol. The SMILES string of the molecule is Cc1cc(Cl)cc2c(C=O)c(-c3ccc(C(F)(F)F)cc3)[nH]c12. The molecule has 2 nitrogen and oxygen atoms in total. The van der Waals surface area contributed by atoms with E-state index in [9.17, 15) is 18.0 Å². The Morgan fingerprint density at radius 3 is 2.35 bits per heavy atom. The number of hydrogen-bond acceptors (Lipinski definition) is 1. The summed E-state index contributed by atoms with van der Waals surface area (Å²) in [5.74, 6) is 0. The summed E-state index contributed by atoms with van der Waals surface area (Å²) < 4.78 is 38.0. The Balaban J connectivity index is 2.20. The zero-order chi connectivity index (χ0) is 16.8. The topological polar surface area (TPSA) is 32.9 Å². The Morgan fingerprint density at radius 2 is 1.78 bits per heavy atom. The summed E-state index contributed by atoms with van der Waals surface area (Å²) in [4.78, 5) is 14.6. The van der Waals surface area contributed by atoms with Gasteiger partial charge in [-0.3, -0.25) is 4.79 Å². The number of fused-ring (bicyclic) bond motifs is 1. The fourth-order valence-corrected chi connectivity index (χ4v) is 2.90. The smallest absolute Gasteiger partial charge is 0.354 e. The van der Waals surface area contributed by atoms with Crippen molar-refractivity contribution in [2.24, 2.45) is 0 Å². The van der Waals surface area contributed by atoms with Gasteiger partial charge in [0.15, 0.2) is 6.29 Å². The van der Waals surface area contributed by atoms with Crippen LogP contribution in [0.1, 0.15) is 21.5 Å². The quantitative estimate of drug-likeness (QED) is 0.604. The highest BCUT2D eigenvalue weighted by Gasteiger charge is 2.30. The molecule has 3 aromatic rings. The predicted molar refractivity (Wildman–Crippen MR) is 83.9 cm³/mol. The molecule has 0 aliphatic heterocycles. The molecule has 6 heteroatoms. The number of rotatable bonds is 2. The van der Waals surface area contributed by atoms with E-state index in [1.54, 1.807) is 12.1 Å². The maximum Gasteiger partial charge on any atom is 0.416 e. The van der Waals surface area contributed by atoms with Crippen LogP contribution in [0.25, 0.3) is 22.2 Å². The number of carbonyl (C=O) groups excluding carboxylic acids is 1. The van der Waals surface area contributed by atoms with Gasteiger partial charge in [-0.2, -0.15) is 13.2 Å². The maximum atomic E-state index is 12.7. The highest BCUT2D eigenvalue weighted by molar-refractivity contribution is 6.31. The molecule has 0 aliphatic carbocycles. The van der Waals surface area contributed by atoms with Crippen LogP contribution in [0, 0.1) is 6.92 Å². The van der Waals surface area contributed by atoms with Gasteiger partial charge in [0, 0.05) is 21.5 Å². The van der Waals surface area contributed by atoms with E-state index in [-0.39, 0.29) is 0 Å². The van der Waals surface area contributed by atoms with E-state index < -0.39 is 11.7 Å². The summed E-state index contributed by atoms with van der Waals surface area (Å²) in [5, 5.41) is 1.15. The first-order chi connectivity index (χ1) is 10.8. The largest absolute Gasteiger partial charge is 0.416 e. The van der Waals surface area contributed by atoms with Gasteiger partial charge in [0.2, 0.25) is 0 Å². The number of aromatic nitrogens is 1. The number of carbonyl (C=O) groups is 1. The third-order valence-electron chi connectivity index (χ3n) is 3.73. The first-order valence-electron chi connectivity index (χ1n) is 6.76. The molecule has 3 rings (SSSR count). The Hall–Kier alpha value is -2.27. The number of halogens is 4. The summed E-state index contributed by atoms with van der Waals surface area (Å²) >= 11 is 6.02. The van der Waals surface area contributed by atoms with Gasteiger partial charge in [0.1, 0.15) is 0 Å². The van der Waals surface area contributed by atoms with Crippen LogP contribution in [-0.2, 0) is 6.18 Å². The second kappa shape index (κ2) is 5.42. The summed E-state index contributed by atoms with van der Waals surface area (Å²) in [5.41, 5.74) is 2.23. The van der Waals surface area contributed by atoms with Crippen molar-refractivity contribution in [3.8, 4) is 11.3 Å². The zero-order valence-electron chi connectivity index (χ0n) is 12.0.